The zero-order chi connectivity index (χ0) is 52.7. The van der Waals surface area contributed by atoms with Crippen molar-refractivity contribution in [3.63, 3.8) is 0 Å². The molecule has 2 saturated heterocycles. The monoisotopic (exact) mass is 1000 g/mol. The number of carbonyl (C=O) groups excluding carboxylic acids is 5. The van der Waals surface area contributed by atoms with Gasteiger partial charge in [-0.1, -0.05) is 108 Å². The summed E-state index contributed by atoms with van der Waals surface area (Å²) in [6, 6.07) is 6.54. The molecule has 4 aliphatic rings. The van der Waals surface area contributed by atoms with Gasteiger partial charge in [-0.15, -0.1) is 0 Å². The summed E-state index contributed by atoms with van der Waals surface area (Å²) in [7, 11) is 2.97. The number of carbonyl (C=O) groups is 5. The molecule has 1 aromatic carbocycles. The van der Waals surface area contributed by atoms with E-state index >= 15 is 0 Å². The molecule has 5 rings (SSSR count). The molecule has 400 valence electrons. The van der Waals surface area contributed by atoms with Gasteiger partial charge in [-0.25, -0.2) is 4.79 Å². The number of aliphatic hydroxyl groups is 3. The van der Waals surface area contributed by atoms with Crippen molar-refractivity contribution >= 4 is 29.2 Å². The zero-order valence-corrected chi connectivity index (χ0v) is 44.5. The van der Waals surface area contributed by atoms with Gasteiger partial charge in [-0.3, -0.25) is 19.2 Å². The maximum atomic E-state index is 14.6. The van der Waals surface area contributed by atoms with Gasteiger partial charge in [0.15, 0.2) is 5.78 Å². The SMILES string of the molecule is CO[C@H]1C[C@@H]2CC[C@@H](C)[C@@](O)(O2)C(=O)C(=O)N2CCCC[C@H]2C(=O)O[C@H]([C@H](C)CC2CCC[C@H](OCc3ccc(CO)cc3)C2)CC(=O)[C@H](C)/C=C(\C)[C@@H](O)[C@@H](OC)C(=O)[C@H](C)C[C@H](C)/C=C/C=C/C=C/1C. The number of ether oxygens (including phenoxy) is 5. The molecule has 3 fully saturated rings. The topological polar surface area (TPSA) is 195 Å². The highest BCUT2D eigenvalue weighted by Gasteiger charge is 2.53. The van der Waals surface area contributed by atoms with Crippen molar-refractivity contribution in [2.45, 2.75) is 194 Å². The summed E-state index contributed by atoms with van der Waals surface area (Å²) in [6.45, 7) is 13.3. The fourth-order valence-electron chi connectivity index (χ4n) is 11.0. The first-order chi connectivity index (χ1) is 34.3. The summed E-state index contributed by atoms with van der Waals surface area (Å²) in [5.41, 5.74) is 3.13. The number of Topliss-reactive ketones (excluding diaryl/α,β-unsaturated/α-hetero) is 3. The largest absolute Gasteiger partial charge is 0.460 e. The average Bonchev–Trinajstić information content (AvgIpc) is 3.37. The summed E-state index contributed by atoms with van der Waals surface area (Å²) < 4.78 is 30.4. The van der Waals surface area contributed by atoms with Crippen LogP contribution in [0.3, 0.4) is 0 Å². The minimum Gasteiger partial charge on any atom is -0.460 e. The Kier molecular flexibility index (Phi) is 22.8. The number of cyclic esters (lactones) is 1. The number of esters is 1. The second-order valence-corrected chi connectivity index (χ2v) is 21.5. The molecule has 14 atom stereocenters. The van der Waals surface area contributed by atoms with Gasteiger partial charge in [-0.05, 0) is 112 Å². The molecular formula is C58H85NO13. The van der Waals surface area contributed by atoms with E-state index in [1.54, 1.807) is 34.0 Å². The molecular weight excluding hydrogens is 919 g/mol. The van der Waals surface area contributed by atoms with Crippen molar-refractivity contribution in [3.8, 4) is 0 Å². The summed E-state index contributed by atoms with van der Waals surface area (Å²) >= 11 is 0. The highest BCUT2D eigenvalue weighted by atomic mass is 16.6. The van der Waals surface area contributed by atoms with E-state index in [0.29, 0.717) is 57.1 Å². The third kappa shape index (κ3) is 15.9. The van der Waals surface area contributed by atoms with E-state index in [0.717, 1.165) is 42.4 Å². The van der Waals surface area contributed by atoms with Crippen molar-refractivity contribution in [2.75, 3.05) is 20.8 Å². The summed E-state index contributed by atoms with van der Waals surface area (Å²) in [4.78, 5) is 72.5. The molecule has 2 bridgehead atoms. The van der Waals surface area contributed by atoms with Crippen LogP contribution < -0.4 is 0 Å². The summed E-state index contributed by atoms with van der Waals surface area (Å²) in [6.07, 6.45) is 14.0. The van der Waals surface area contributed by atoms with E-state index in [9.17, 15) is 39.3 Å². The number of ketones is 3. The first-order valence-electron chi connectivity index (χ1n) is 26.6. The molecule has 72 heavy (non-hydrogen) atoms. The van der Waals surface area contributed by atoms with Crippen LogP contribution in [0.5, 0.6) is 0 Å². The number of rotatable bonds is 9. The van der Waals surface area contributed by atoms with Gasteiger partial charge in [0, 0.05) is 51.4 Å². The maximum absolute atomic E-state index is 14.6. The van der Waals surface area contributed by atoms with E-state index in [2.05, 4.69) is 0 Å². The number of methoxy groups -OCH3 is 2. The lowest BCUT2D eigenvalue weighted by molar-refractivity contribution is -0.265. The van der Waals surface area contributed by atoms with Gasteiger partial charge in [0.1, 0.15) is 30.1 Å². The molecule has 3 N–H and O–H groups in total. The Bertz CT molecular complexity index is 2100. The van der Waals surface area contributed by atoms with Crippen LogP contribution in [0, 0.1) is 35.5 Å². The molecule has 3 aliphatic heterocycles. The molecule has 1 unspecified atom stereocenters. The van der Waals surface area contributed by atoms with Crippen molar-refractivity contribution in [1.82, 2.24) is 4.90 Å². The third-order valence-electron chi connectivity index (χ3n) is 15.7. The fraction of sp³-hybridized carbons (Fsp3) is 0.672. The fourth-order valence-corrected chi connectivity index (χ4v) is 11.0. The third-order valence-corrected chi connectivity index (χ3v) is 15.7. The average molecular weight is 1000 g/mol. The van der Waals surface area contributed by atoms with Crippen LogP contribution in [0.25, 0.3) is 0 Å². The number of piperidine rings is 1. The molecule has 0 radical (unpaired) electrons. The van der Waals surface area contributed by atoms with Crippen molar-refractivity contribution in [1.29, 1.82) is 0 Å². The molecule has 1 saturated carbocycles. The molecule has 0 aromatic heterocycles. The lowest BCUT2D eigenvalue weighted by atomic mass is 9.79. The van der Waals surface area contributed by atoms with Gasteiger partial charge in [0.05, 0.1) is 31.5 Å². The Balaban J connectivity index is 1.43. The van der Waals surface area contributed by atoms with E-state index < -0.39 is 77.8 Å². The van der Waals surface area contributed by atoms with Crippen LogP contribution in [0.2, 0.25) is 0 Å². The van der Waals surface area contributed by atoms with Crippen LogP contribution in [0.1, 0.15) is 143 Å². The van der Waals surface area contributed by atoms with Gasteiger partial charge >= 0.3 is 5.97 Å². The standard InChI is InChI=1S/C58H85NO13/c1-36-16-11-10-12-17-37(2)50(68-8)32-47-26-21-42(7)58(67,72-47)55(64)56(65)59-27-14-13-20-48(59)57(66)71-51(33-49(61)38(3)29-41(6)53(63)54(69-9)52(62)40(5)28-36)39(4)30-45-18-15-19-46(31-45)70-35-44-24-22-43(34-60)23-25-44/h10-12,16-17,22-25,29,36,38-40,42,45-48,50-51,53-54,60,63,67H,13-15,18-21,26-28,30-35H2,1-9H3/b12-10+,16-11+,37-17+,41-29+/t36-,38-,39-,40-,42-,45?,46+,47+,48+,50+,51+,53-,54+,58-/m1/s1. The Labute approximate surface area is 428 Å². The van der Waals surface area contributed by atoms with E-state index in [1.165, 1.54) is 12.0 Å². The van der Waals surface area contributed by atoms with Crippen LogP contribution in [-0.4, -0.2) is 119 Å². The number of fused-ring (bicyclic) bond motifs is 3. The molecule has 14 nitrogen and oxygen atoms in total. The minimum atomic E-state index is -2.43. The quantitative estimate of drug-likeness (QED) is 0.122. The first kappa shape index (κ1) is 58.7. The van der Waals surface area contributed by atoms with Crippen molar-refractivity contribution in [3.05, 3.63) is 83.0 Å². The second-order valence-electron chi connectivity index (χ2n) is 21.5. The van der Waals surface area contributed by atoms with Crippen molar-refractivity contribution < 1.29 is 63.0 Å². The number of hydrogen-bond acceptors (Lipinski definition) is 13. The van der Waals surface area contributed by atoms with Gasteiger partial charge < -0.3 is 43.9 Å². The number of benzene rings is 1. The Morgan fingerprint density at radius 3 is 2.25 bits per heavy atom. The predicted molar refractivity (Wildman–Crippen MR) is 274 cm³/mol. The number of allylic oxidation sites excluding steroid dienone is 6. The molecule has 0 spiro atoms. The normalized spacial score (nSPS) is 36.6. The van der Waals surface area contributed by atoms with E-state index in [4.69, 9.17) is 23.7 Å². The van der Waals surface area contributed by atoms with Gasteiger partial charge in [0.2, 0.25) is 5.79 Å². The lowest BCUT2D eigenvalue weighted by Crippen LogP contribution is -2.61. The van der Waals surface area contributed by atoms with Gasteiger partial charge in [-0.2, -0.15) is 0 Å². The molecule has 3 heterocycles. The highest BCUT2D eigenvalue weighted by Crippen LogP contribution is 2.38. The summed E-state index contributed by atoms with van der Waals surface area (Å²) in [5, 5.41) is 33.0. The Morgan fingerprint density at radius 1 is 0.833 bits per heavy atom. The number of hydrogen-bond donors (Lipinski definition) is 3. The van der Waals surface area contributed by atoms with Crippen LogP contribution >= 0.6 is 0 Å². The Hall–Kier alpha value is -4.15. The van der Waals surface area contributed by atoms with E-state index in [1.807, 2.05) is 82.3 Å². The first-order valence-corrected chi connectivity index (χ1v) is 26.6. The van der Waals surface area contributed by atoms with E-state index in [-0.39, 0.29) is 61.4 Å². The lowest BCUT2D eigenvalue weighted by Gasteiger charge is -2.42. The molecule has 1 amide bonds. The number of nitrogens with zero attached hydrogens (tertiary/aromatic N) is 1. The zero-order valence-electron chi connectivity index (χ0n) is 44.5. The van der Waals surface area contributed by atoms with Gasteiger partial charge in [0.25, 0.3) is 11.7 Å². The Morgan fingerprint density at radius 2 is 1.56 bits per heavy atom. The number of amides is 1. The molecule has 1 aromatic rings. The van der Waals surface area contributed by atoms with Crippen LogP contribution in [-0.2, 0) is 60.9 Å². The minimum absolute atomic E-state index is 0.0112. The molecule has 14 heteroatoms. The summed E-state index contributed by atoms with van der Waals surface area (Å²) in [5.74, 6) is -7.76. The second kappa shape index (κ2) is 27.9. The molecule has 1 aliphatic carbocycles. The van der Waals surface area contributed by atoms with Crippen LogP contribution in [0.4, 0.5) is 0 Å². The highest BCUT2D eigenvalue weighted by molar-refractivity contribution is 6.39. The predicted octanol–water partition coefficient (Wildman–Crippen LogP) is 8.27. The van der Waals surface area contributed by atoms with Crippen molar-refractivity contribution in [2.24, 2.45) is 35.5 Å². The number of aliphatic hydroxyl groups excluding tert-OH is 2. The van der Waals surface area contributed by atoms with Crippen LogP contribution in [0.15, 0.2) is 71.9 Å². The smallest absolute Gasteiger partial charge is 0.329 e. The maximum Gasteiger partial charge on any atom is 0.329 e.